The average molecular weight is 356 g/mol. The summed E-state index contributed by atoms with van der Waals surface area (Å²) < 4.78 is 10.9. The Hall–Kier alpha value is -2.31. The maximum Gasteiger partial charge on any atom is 0.191 e. The van der Waals surface area contributed by atoms with Crippen molar-refractivity contribution in [1.29, 1.82) is 0 Å². The predicted molar refractivity (Wildman–Crippen MR) is 103 cm³/mol. The number of hydrogen-bond donors (Lipinski definition) is 2. The van der Waals surface area contributed by atoms with Crippen LogP contribution in [0.5, 0.6) is 0 Å². The smallest absolute Gasteiger partial charge is 0.191 e. The maximum atomic E-state index is 5.53. The van der Waals surface area contributed by atoms with Gasteiger partial charge in [-0.25, -0.2) is 0 Å². The number of morpholine rings is 1. The maximum absolute atomic E-state index is 5.53. The van der Waals surface area contributed by atoms with Crippen molar-refractivity contribution in [2.45, 2.75) is 19.5 Å². The summed E-state index contributed by atoms with van der Waals surface area (Å²) in [5.41, 5.74) is 2.60. The van der Waals surface area contributed by atoms with E-state index < -0.39 is 0 Å². The third-order valence-electron chi connectivity index (χ3n) is 4.61. The molecule has 2 N–H and O–H groups in total. The lowest BCUT2D eigenvalue weighted by Crippen LogP contribution is -2.46. The van der Waals surface area contributed by atoms with Crippen LogP contribution in [0.4, 0.5) is 0 Å². The lowest BCUT2D eigenvalue weighted by molar-refractivity contribution is 0.0170. The van der Waals surface area contributed by atoms with Crippen molar-refractivity contribution in [2.24, 2.45) is 4.99 Å². The first-order valence-electron chi connectivity index (χ1n) is 9.11. The van der Waals surface area contributed by atoms with Crippen molar-refractivity contribution in [3.8, 4) is 0 Å². The van der Waals surface area contributed by atoms with Gasteiger partial charge in [0.1, 0.15) is 5.76 Å². The van der Waals surface area contributed by atoms with Gasteiger partial charge in [-0.15, -0.1) is 0 Å². The third kappa shape index (κ3) is 5.09. The summed E-state index contributed by atoms with van der Waals surface area (Å²) in [6.07, 6.45) is 1.68. The first-order valence-corrected chi connectivity index (χ1v) is 9.11. The van der Waals surface area contributed by atoms with Gasteiger partial charge in [0.05, 0.1) is 32.1 Å². The molecule has 2 aromatic rings. The van der Waals surface area contributed by atoms with E-state index in [0.717, 1.165) is 44.6 Å². The molecule has 1 unspecified atom stereocenters. The molecular weight excluding hydrogens is 328 g/mol. The topological polar surface area (TPSA) is 62.0 Å². The summed E-state index contributed by atoms with van der Waals surface area (Å²) in [5, 5.41) is 6.76. The molecule has 2 heterocycles. The lowest BCUT2D eigenvalue weighted by atomic mass is 10.0. The molecule has 1 aromatic heterocycles. The van der Waals surface area contributed by atoms with Gasteiger partial charge in [0.2, 0.25) is 0 Å². The van der Waals surface area contributed by atoms with Crippen LogP contribution < -0.4 is 10.6 Å². The SMILES string of the molecule is CN=C(NCc1ccco1)NCC(c1cccc(C)c1)N1CCOCC1. The van der Waals surface area contributed by atoms with Crippen molar-refractivity contribution >= 4 is 5.96 Å². The molecule has 26 heavy (non-hydrogen) atoms. The zero-order valence-electron chi connectivity index (χ0n) is 15.6. The number of hydrogen-bond acceptors (Lipinski definition) is 4. The second-order valence-electron chi connectivity index (χ2n) is 6.46. The first-order chi connectivity index (χ1) is 12.8. The summed E-state index contributed by atoms with van der Waals surface area (Å²) in [4.78, 5) is 6.80. The van der Waals surface area contributed by atoms with E-state index in [1.54, 1.807) is 13.3 Å². The molecule has 0 radical (unpaired) electrons. The minimum absolute atomic E-state index is 0.279. The van der Waals surface area contributed by atoms with Crippen molar-refractivity contribution in [2.75, 3.05) is 39.9 Å². The Morgan fingerprint density at radius 1 is 1.19 bits per heavy atom. The second kappa shape index (κ2) is 9.40. The van der Waals surface area contributed by atoms with Gasteiger partial charge in [-0.1, -0.05) is 29.8 Å². The Bertz CT molecular complexity index is 694. The number of benzene rings is 1. The molecule has 0 spiro atoms. The van der Waals surface area contributed by atoms with E-state index in [2.05, 4.69) is 51.7 Å². The minimum atomic E-state index is 0.279. The largest absolute Gasteiger partial charge is 0.467 e. The van der Waals surface area contributed by atoms with E-state index in [1.807, 2.05) is 12.1 Å². The van der Waals surface area contributed by atoms with Gasteiger partial charge in [0, 0.05) is 26.7 Å². The molecule has 1 atom stereocenters. The molecule has 0 bridgehead atoms. The number of rotatable bonds is 6. The normalized spacial score (nSPS) is 17.1. The molecule has 140 valence electrons. The fourth-order valence-electron chi connectivity index (χ4n) is 3.22. The van der Waals surface area contributed by atoms with Gasteiger partial charge in [-0.3, -0.25) is 9.89 Å². The molecular formula is C20H28N4O2. The zero-order valence-corrected chi connectivity index (χ0v) is 15.6. The Labute approximate surface area is 155 Å². The first kappa shape index (κ1) is 18.5. The van der Waals surface area contributed by atoms with E-state index in [-0.39, 0.29) is 6.04 Å². The standard InChI is InChI=1S/C20H28N4O2/c1-16-5-3-6-17(13-16)19(24-8-11-25-12-9-24)15-23-20(21-2)22-14-18-7-4-10-26-18/h3-7,10,13,19H,8-9,11-12,14-15H2,1-2H3,(H2,21,22,23). The number of aliphatic imine (C=N–C) groups is 1. The number of guanidine groups is 1. The van der Waals surface area contributed by atoms with Gasteiger partial charge < -0.3 is 19.8 Å². The summed E-state index contributed by atoms with van der Waals surface area (Å²) in [5.74, 6) is 1.66. The molecule has 3 rings (SSSR count). The van der Waals surface area contributed by atoms with Gasteiger partial charge in [-0.2, -0.15) is 0 Å². The van der Waals surface area contributed by atoms with E-state index in [4.69, 9.17) is 9.15 Å². The minimum Gasteiger partial charge on any atom is -0.467 e. The van der Waals surface area contributed by atoms with Crippen LogP contribution in [0.3, 0.4) is 0 Å². The van der Waals surface area contributed by atoms with Gasteiger partial charge in [-0.05, 0) is 24.6 Å². The average Bonchev–Trinajstić information content (AvgIpc) is 3.19. The van der Waals surface area contributed by atoms with Gasteiger partial charge in [0.15, 0.2) is 5.96 Å². The molecule has 6 heteroatoms. The van der Waals surface area contributed by atoms with Crippen molar-refractivity contribution in [3.63, 3.8) is 0 Å². The molecule has 1 aliphatic heterocycles. The fraction of sp³-hybridized carbons (Fsp3) is 0.450. The molecule has 0 amide bonds. The molecule has 1 aliphatic rings. The Kier molecular flexibility index (Phi) is 6.68. The fourth-order valence-corrected chi connectivity index (χ4v) is 3.22. The molecule has 6 nitrogen and oxygen atoms in total. The van der Waals surface area contributed by atoms with Crippen LogP contribution in [-0.2, 0) is 11.3 Å². The van der Waals surface area contributed by atoms with Gasteiger partial charge >= 0.3 is 0 Å². The van der Waals surface area contributed by atoms with E-state index >= 15 is 0 Å². The highest BCUT2D eigenvalue weighted by Gasteiger charge is 2.23. The van der Waals surface area contributed by atoms with Gasteiger partial charge in [0.25, 0.3) is 0 Å². The molecule has 0 aliphatic carbocycles. The van der Waals surface area contributed by atoms with Crippen LogP contribution >= 0.6 is 0 Å². The molecule has 0 saturated carbocycles. The summed E-state index contributed by atoms with van der Waals surface area (Å²) in [6, 6.07) is 12.8. The van der Waals surface area contributed by atoms with Crippen molar-refractivity contribution in [1.82, 2.24) is 15.5 Å². The Morgan fingerprint density at radius 3 is 2.73 bits per heavy atom. The second-order valence-corrected chi connectivity index (χ2v) is 6.46. The number of nitrogens with zero attached hydrogens (tertiary/aromatic N) is 2. The van der Waals surface area contributed by atoms with Crippen LogP contribution in [0, 0.1) is 6.92 Å². The number of nitrogens with one attached hydrogen (secondary N) is 2. The number of aryl methyl sites for hydroxylation is 1. The van der Waals surface area contributed by atoms with Crippen LogP contribution in [0.15, 0.2) is 52.1 Å². The summed E-state index contributed by atoms with van der Waals surface area (Å²) >= 11 is 0. The third-order valence-corrected chi connectivity index (χ3v) is 4.61. The number of ether oxygens (including phenoxy) is 1. The molecule has 1 fully saturated rings. The van der Waals surface area contributed by atoms with Crippen molar-refractivity contribution in [3.05, 3.63) is 59.5 Å². The Balaban J connectivity index is 1.64. The Morgan fingerprint density at radius 2 is 2.04 bits per heavy atom. The highest BCUT2D eigenvalue weighted by molar-refractivity contribution is 5.79. The number of furan rings is 1. The van der Waals surface area contributed by atoms with E-state index in [9.17, 15) is 0 Å². The molecule has 1 aromatic carbocycles. The van der Waals surface area contributed by atoms with Crippen LogP contribution in [-0.4, -0.2) is 50.8 Å². The van der Waals surface area contributed by atoms with Crippen LogP contribution in [0.25, 0.3) is 0 Å². The highest BCUT2D eigenvalue weighted by Crippen LogP contribution is 2.22. The lowest BCUT2D eigenvalue weighted by Gasteiger charge is -2.35. The zero-order chi connectivity index (χ0) is 18.2. The van der Waals surface area contributed by atoms with Crippen LogP contribution in [0.1, 0.15) is 22.9 Å². The predicted octanol–water partition coefficient (Wildman–Crippen LogP) is 2.33. The van der Waals surface area contributed by atoms with E-state index in [1.165, 1.54) is 11.1 Å². The van der Waals surface area contributed by atoms with Crippen LogP contribution in [0.2, 0.25) is 0 Å². The van der Waals surface area contributed by atoms with E-state index in [0.29, 0.717) is 6.54 Å². The summed E-state index contributed by atoms with van der Waals surface area (Å²) in [6.45, 7) is 6.98. The monoisotopic (exact) mass is 356 g/mol. The molecule has 1 saturated heterocycles. The van der Waals surface area contributed by atoms with Crippen molar-refractivity contribution < 1.29 is 9.15 Å². The highest BCUT2D eigenvalue weighted by atomic mass is 16.5. The quantitative estimate of drug-likeness (QED) is 0.614. The summed E-state index contributed by atoms with van der Waals surface area (Å²) in [7, 11) is 1.79.